The maximum Gasteiger partial charge on any atom is 0.321 e. The summed E-state index contributed by atoms with van der Waals surface area (Å²) >= 11 is 0. The van der Waals surface area contributed by atoms with Crippen molar-refractivity contribution in [2.24, 2.45) is 5.92 Å². The van der Waals surface area contributed by atoms with E-state index in [9.17, 15) is 13.2 Å². The average Bonchev–Trinajstić information content (AvgIpc) is 2.21. The van der Waals surface area contributed by atoms with Crippen LogP contribution < -0.4 is 9.44 Å². The number of carbonyl (C=O) groups is 1. The van der Waals surface area contributed by atoms with Gasteiger partial charge in [-0.1, -0.05) is 33.6 Å². The highest BCUT2D eigenvalue weighted by atomic mass is 32.2. The number of carboxylic acids is 1. The average molecular weight is 266 g/mol. The molecular weight excluding hydrogens is 244 g/mol. The van der Waals surface area contributed by atoms with Crippen LogP contribution >= 0.6 is 0 Å². The predicted molar refractivity (Wildman–Crippen MR) is 65.8 cm³/mol. The van der Waals surface area contributed by atoms with E-state index in [1.807, 2.05) is 20.8 Å². The summed E-state index contributed by atoms with van der Waals surface area (Å²) in [5.41, 5.74) is 0. The van der Waals surface area contributed by atoms with E-state index >= 15 is 0 Å². The molecule has 7 heteroatoms. The highest BCUT2D eigenvalue weighted by Crippen LogP contribution is 2.02. The topological polar surface area (TPSA) is 95.5 Å². The van der Waals surface area contributed by atoms with Gasteiger partial charge in [-0.3, -0.25) is 4.79 Å². The van der Waals surface area contributed by atoms with Crippen LogP contribution in [0.1, 0.15) is 40.0 Å². The van der Waals surface area contributed by atoms with Gasteiger partial charge in [0.25, 0.3) is 10.2 Å². The van der Waals surface area contributed by atoms with Gasteiger partial charge in [-0.05, 0) is 12.3 Å². The van der Waals surface area contributed by atoms with E-state index in [0.717, 1.165) is 6.42 Å². The van der Waals surface area contributed by atoms with Gasteiger partial charge in [0.1, 0.15) is 6.04 Å². The molecule has 0 fully saturated rings. The van der Waals surface area contributed by atoms with Crippen molar-refractivity contribution in [2.75, 3.05) is 6.54 Å². The smallest absolute Gasteiger partial charge is 0.321 e. The van der Waals surface area contributed by atoms with Gasteiger partial charge < -0.3 is 5.11 Å². The first-order valence-electron chi connectivity index (χ1n) is 5.78. The van der Waals surface area contributed by atoms with Gasteiger partial charge in [0.15, 0.2) is 0 Å². The number of hydrogen-bond acceptors (Lipinski definition) is 3. The Hall–Kier alpha value is -0.660. The molecule has 0 aliphatic heterocycles. The van der Waals surface area contributed by atoms with Crippen molar-refractivity contribution in [2.45, 2.75) is 46.1 Å². The first-order chi connectivity index (χ1) is 7.78. The second-order valence-corrected chi connectivity index (χ2v) is 5.93. The molecule has 3 N–H and O–H groups in total. The highest BCUT2D eigenvalue weighted by Gasteiger charge is 2.23. The Labute approximate surface area is 103 Å². The van der Waals surface area contributed by atoms with Crippen LogP contribution in [0.2, 0.25) is 0 Å². The number of hydrogen-bond donors (Lipinski definition) is 3. The number of unbranched alkanes of at least 4 members (excludes halogenated alkanes) is 1. The molecule has 0 aromatic rings. The van der Waals surface area contributed by atoms with Gasteiger partial charge >= 0.3 is 5.97 Å². The van der Waals surface area contributed by atoms with E-state index in [1.165, 1.54) is 0 Å². The fraction of sp³-hybridized carbons (Fsp3) is 0.900. The van der Waals surface area contributed by atoms with E-state index in [1.54, 1.807) is 0 Å². The van der Waals surface area contributed by atoms with E-state index in [2.05, 4.69) is 9.44 Å². The molecule has 102 valence electrons. The molecule has 0 aromatic carbocycles. The summed E-state index contributed by atoms with van der Waals surface area (Å²) in [4.78, 5) is 10.9. The van der Waals surface area contributed by atoms with Crippen molar-refractivity contribution in [3.63, 3.8) is 0 Å². The number of aliphatic carboxylic acids is 1. The lowest BCUT2D eigenvalue weighted by atomic mass is 10.1. The normalized spacial score (nSPS) is 13.9. The zero-order valence-corrected chi connectivity index (χ0v) is 11.4. The largest absolute Gasteiger partial charge is 0.480 e. The molecule has 0 saturated carbocycles. The molecule has 0 aliphatic rings. The van der Waals surface area contributed by atoms with E-state index in [0.29, 0.717) is 12.8 Å². The monoisotopic (exact) mass is 266 g/mol. The molecule has 17 heavy (non-hydrogen) atoms. The molecule has 0 radical (unpaired) electrons. The number of rotatable bonds is 9. The van der Waals surface area contributed by atoms with Crippen molar-refractivity contribution in [3.05, 3.63) is 0 Å². The summed E-state index contributed by atoms with van der Waals surface area (Å²) in [6.07, 6.45) is 1.79. The Bertz CT molecular complexity index is 327. The molecule has 1 atom stereocenters. The third-order valence-corrected chi connectivity index (χ3v) is 3.26. The Morgan fingerprint density at radius 3 is 2.35 bits per heavy atom. The molecule has 0 bridgehead atoms. The Balaban J connectivity index is 4.37. The zero-order valence-electron chi connectivity index (χ0n) is 10.6. The first-order valence-corrected chi connectivity index (χ1v) is 7.26. The van der Waals surface area contributed by atoms with Crippen LogP contribution in [-0.4, -0.2) is 32.1 Å². The quantitative estimate of drug-likeness (QED) is 0.572. The third kappa shape index (κ3) is 8.12. The van der Waals surface area contributed by atoms with Gasteiger partial charge in [-0.15, -0.1) is 0 Å². The maximum absolute atomic E-state index is 11.5. The minimum absolute atomic E-state index is 0.172. The van der Waals surface area contributed by atoms with E-state index < -0.39 is 22.2 Å². The van der Waals surface area contributed by atoms with Crippen LogP contribution in [-0.2, 0) is 15.0 Å². The molecule has 0 unspecified atom stereocenters. The van der Waals surface area contributed by atoms with Crippen LogP contribution in [0.25, 0.3) is 0 Å². The van der Waals surface area contributed by atoms with Crippen molar-refractivity contribution >= 4 is 16.2 Å². The molecule has 0 heterocycles. The van der Waals surface area contributed by atoms with Gasteiger partial charge in [-0.25, -0.2) is 4.72 Å². The number of nitrogens with one attached hydrogen (secondary N) is 2. The molecular formula is C10H22N2O4S. The maximum atomic E-state index is 11.5. The lowest BCUT2D eigenvalue weighted by Gasteiger charge is -2.15. The molecule has 0 aliphatic carbocycles. The Morgan fingerprint density at radius 1 is 1.35 bits per heavy atom. The van der Waals surface area contributed by atoms with Gasteiger partial charge in [0.05, 0.1) is 0 Å². The molecule has 0 spiro atoms. The molecule has 0 saturated heterocycles. The predicted octanol–water partition coefficient (Wildman–Crippen LogP) is 0.710. The van der Waals surface area contributed by atoms with E-state index in [-0.39, 0.29) is 12.5 Å². The fourth-order valence-electron chi connectivity index (χ4n) is 1.15. The minimum atomic E-state index is -3.73. The van der Waals surface area contributed by atoms with Crippen LogP contribution in [0.5, 0.6) is 0 Å². The zero-order chi connectivity index (χ0) is 13.5. The van der Waals surface area contributed by atoms with Crippen molar-refractivity contribution in [1.82, 2.24) is 9.44 Å². The molecule has 0 aromatic heterocycles. The molecule has 0 rings (SSSR count). The van der Waals surface area contributed by atoms with Gasteiger partial charge in [-0.2, -0.15) is 13.1 Å². The highest BCUT2D eigenvalue weighted by molar-refractivity contribution is 7.87. The van der Waals surface area contributed by atoms with Crippen molar-refractivity contribution in [1.29, 1.82) is 0 Å². The van der Waals surface area contributed by atoms with Crippen molar-refractivity contribution in [3.8, 4) is 0 Å². The summed E-state index contributed by atoms with van der Waals surface area (Å²) in [7, 11) is -3.73. The van der Waals surface area contributed by atoms with E-state index in [4.69, 9.17) is 5.11 Å². The van der Waals surface area contributed by atoms with Crippen molar-refractivity contribution < 1.29 is 18.3 Å². The van der Waals surface area contributed by atoms with Crippen LogP contribution in [0.3, 0.4) is 0 Å². The second-order valence-electron chi connectivity index (χ2n) is 4.40. The van der Waals surface area contributed by atoms with Gasteiger partial charge in [0, 0.05) is 6.54 Å². The summed E-state index contributed by atoms with van der Waals surface area (Å²) in [5, 5.41) is 8.89. The summed E-state index contributed by atoms with van der Waals surface area (Å²) in [6, 6.07) is -1.06. The lowest BCUT2D eigenvalue weighted by Crippen LogP contribution is -2.47. The van der Waals surface area contributed by atoms with Crippen LogP contribution in [0.4, 0.5) is 0 Å². The molecule has 6 nitrogen and oxygen atoms in total. The standard InChI is InChI=1S/C10H22N2O4S/c1-4-5-6-9(10(13)14)12-17(15,16)11-7-8(2)3/h8-9,11-12H,4-7H2,1-3H3,(H,13,14)/t9-/m0/s1. The third-order valence-electron chi connectivity index (χ3n) is 2.12. The summed E-state index contributed by atoms with van der Waals surface area (Å²) in [6.45, 7) is 5.95. The second kappa shape index (κ2) is 7.62. The molecule has 0 amide bonds. The Kier molecular flexibility index (Phi) is 7.33. The SMILES string of the molecule is CCCC[C@H](NS(=O)(=O)NCC(C)C)C(=O)O. The first kappa shape index (κ1) is 16.3. The summed E-state index contributed by atoms with van der Waals surface area (Å²) < 4.78 is 27.5. The lowest BCUT2D eigenvalue weighted by molar-refractivity contribution is -0.139. The number of carboxylic acid groups (broad SMARTS) is 1. The van der Waals surface area contributed by atoms with Crippen LogP contribution in [0.15, 0.2) is 0 Å². The van der Waals surface area contributed by atoms with Gasteiger partial charge in [0.2, 0.25) is 0 Å². The van der Waals surface area contributed by atoms with Crippen LogP contribution in [0, 0.1) is 5.92 Å². The summed E-state index contributed by atoms with van der Waals surface area (Å²) in [5.74, 6) is -0.973. The minimum Gasteiger partial charge on any atom is -0.480 e. The Morgan fingerprint density at radius 2 is 1.94 bits per heavy atom. The fourth-order valence-corrected chi connectivity index (χ4v) is 2.38.